The summed E-state index contributed by atoms with van der Waals surface area (Å²) in [6.07, 6.45) is 1.38. The van der Waals surface area contributed by atoms with Gasteiger partial charge < -0.3 is 0 Å². The van der Waals surface area contributed by atoms with Crippen molar-refractivity contribution in [1.29, 1.82) is 0 Å². The minimum atomic E-state index is 0.440. The van der Waals surface area contributed by atoms with Crippen LogP contribution in [0.2, 0.25) is 0 Å². The highest BCUT2D eigenvalue weighted by Gasteiger charge is 2.61. The molecule has 1 aliphatic rings. The van der Waals surface area contributed by atoms with Crippen molar-refractivity contribution in [1.82, 2.24) is 0 Å². The Hall–Kier alpha value is 0.430. The standard InChI is InChI=1S/C11H23P/c1-9(2,3)8-7-11(8,12)10(4,5)6/h8H,7,12H2,1-6H3. The van der Waals surface area contributed by atoms with E-state index in [1.807, 2.05) is 0 Å². The van der Waals surface area contributed by atoms with E-state index in [1.54, 1.807) is 0 Å². The molecule has 1 rings (SSSR count). The van der Waals surface area contributed by atoms with Gasteiger partial charge in [-0.1, -0.05) is 41.5 Å². The fourth-order valence-corrected chi connectivity index (χ4v) is 2.92. The third-order valence-corrected chi connectivity index (χ3v) is 4.95. The lowest BCUT2D eigenvalue weighted by atomic mass is 9.81. The first kappa shape index (κ1) is 10.5. The van der Waals surface area contributed by atoms with Crippen LogP contribution < -0.4 is 0 Å². The Kier molecular flexibility index (Phi) is 2.16. The van der Waals surface area contributed by atoms with Gasteiger partial charge in [0.25, 0.3) is 0 Å². The van der Waals surface area contributed by atoms with Gasteiger partial charge in [0, 0.05) is 0 Å². The van der Waals surface area contributed by atoms with E-state index >= 15 is 0 Å². The van der Waals surface area contributed by atoms with E-state index in [4.69, 9.17) is 0 Å². The normalized spacial score (nSPS) is 36.8. The summed E-state index contributed by atoms with van der Waals surface area (Å²) in [5.41, 5.74) is 0.921. The number of hydrogen-bond acceptors (Lipinski definition) is 0. The molecular weight excluding hydrogens is 163 g/mol. The van der Waals surface area contributed by atoms with Crippen molar-refractivity contribution in [2.24, 2.45) is 16.7 Å². The molecule has 72 valence electrons. The average molecular weight is 186 g/mol. The van der Waals surface area contributed by atoms with Crippen molar-refractivity contribution in [3.63, 3.8) is 0 Å². The lowest BCUT2D eigenvalue weighted by Crippen LogP contribution is -2.28. The van der Waals surface area contributed by atoms with E-state index in [0.717, 1.165) is 5.92 Å². The number of hydrogen-bond donors (Lipinski definition) is 0. The maximum atomic E-state index is 3.10. The maximum Gasteiger partial charge on any atom is -0.00653 e. The van der Waals surface area contributed by atoms with E-state index in [0.29, 0.717) is 16.0 Å². The molecule has 0 saturated heterocycles. The van der Waals surface area contributed by atoms with Crippen molar-refractivity contribution in [2.75, 3.05) is 0 Å². The third-order valence-electron chi connectivity index (χ3n) is 3.45. The van der Waals surface area contributed by atoms with Gasteiger partial charge in [0.1, 0.15) is 0 Å². The van der Waals surface area contributed by atoms with Crippen molar-refractivity contribution in [2.45, 2.75) is 53.1 Å². The smallest absolute Gasteiger partial charge is 0.00653 e. The van der Waals surface area contributed by atoms with Gasteiger partial charge in [-0.05, 0) is 28.3 Å². The topological polar surface area (TPSA) is 0 Å². The van der Waals surface area contributed by atoms with Crippen LogP contribution in [0.25, 0.3) is 0 Å². The average Bonchev–Trinajstić information content (AvgIpc) is 2.38. The van der Waals surface area contributed by atoms with E-state index in [2.05, 4.69) is 50.8 Å². The van der Waals surface area contributed by atoms with Crippen LogP contribution in [-0.2, 0) is 0 Å². The van der Waals surface area contributed by atoms with Crippen LogP contribution in [0.4, 0.5) is 0 Å². The second-order valence-electron chi connectivity index (χ2n) is 6.41. The fraction of sp³-hybridized carbons (Fsp3) is 1.00. The molecule has 0 aromatic carbocycles. The predicted molar refractivity (Wildman–Crippen MR) is 59.5 cm³/mol. The van der Waals surface area contributed by atoms with Gasteiger partial charge in [-0.15, -0.1) is 9.24 Å². The number of rotatable bonds is 0. The maximum absolute atomic E-state index is 3.10. The summed E-state index contributed by atoms with van der Waals surface area (Å²) in [6.45, 7) is 14.1. The molecule has 1 fully saturated rings. The molecule has 0 nitrogen and oxygen atoms in total. The first-order valence-electron chi connectivity index (χ1n) is 4.88. The molecule has 3 atom stereocenters. The Morgan fingerprint density at radius 2 is 1.50 bits per heavy atom. The fourth-order valence-electron chi connectivity index (χ4n) is 2.19. The molecule has 0 N–H and O–H groups in total. The summed E-state index contributed by atoms with van der Waals surface area (Å²) in [4.78, 5) is 0. The van der Waals surface area contributed by atoms with Crippen molar-refractivity contribution >= 4 is 9.24 Å². The Balaban J connectivity index is 2.73. The molecular formula is C11H23P. The largest absolute Gasteiger partial charge is 0.130 e. The zero-order chi connectivity index (χ0) is 9.78. The van der Waals surface area contributed by atoms with Crippen LogP contribution in [0.3, 0.4) is 0 Å². The van der Waals surface area contributed by atoms with Crippen LogP contribution in [0.15, 0.2) is 0 Å². The minimum absolute atomic E-state index is 0.440. The van der Waals surface area contributed by atoms with Gasteiger partial charge in [0.15, 0.2) is 0 Å². The monoisotopic (exact) mass is 186 g/mol. The summed E-state index contributed by atoms with van der Waals surface area (Å²) in [5.74, 6) is 0.884. The van der Waals surface area contributed by atoms with Crippen LogP contribution in [-0.4, -0.2) is 5.16 Å². The van der Waals surface area contributed by atoms with Gasteiger partial charge >= 0.3 is 0 Å². The third kappa shape index (κ3) is 1.55. The molecule has 0 heterocycles. The van der Waals surface area contributed by atoms with Crippen LogP contribution >= 0.6 is 9.24 Å². The highest BCUT2D eigenvalue weighted by Crippen LogP contribution is 2.67. The van der Waals surface area contributed by atoms with E-state index in [1.165, 1.54) is 6.42 Å². The first-order valence-corrected chi connectivity index (χ1v) is 5.46. The summed E-state index contributed by atoms with van der Waals surface area (Å²) in [5, 5.41) is 0.505. The molecule has 0 spiro atoms. The van der Waals surface area contributed by atoms with E-state index in [9.17, 15) is 0 Å². The van der Waals surface area contributed by atoms with Crippen LogP contribution in [0.1, 0.15) is 48.0 Å². The molecule has 0 amide bonds. The van der Waals surface area contributed by atoms with Crippen molar-refractivity contribution in [3.05, 3.63) is 0 Å². The molecule has 0 aromatic rings. The Morgan fingerprint density at radius 3 is 1.58 bits per heavy atom. The molecule has 0 bridgehead atoms. The molecule has 0 aromatic heterocycles. The summed E-state index contributed by atoms with van der Waals surface area (Å²) >= 11 is 0. The molecule has 0 aliphatic heterocycles. The minimum Gasteiger partial charge on any atom is -0.130 e. The molecule has 1 aliphatic carbocycles. The van der Waals surface area contributed by atoms with Gasteiger partial charge in [-0.25, -0.2) is 0 Å². The van der Waals surface area contributed by atoms with Crippen molar-refractivity contribution in [3.8, 4) is 0 Å². The molecule has 1 heteroatoms. The van der Waals surface area contributed by atoms with Gasteiger partial charge in [-0.3, -0.25) is 0 Å². The molecule has 12 heavy (non-hydrogen) atoms. The van der Waals surface area contributed by atoms with Crippen molar-refractivity contribution < 1.29 is 0 Å². The lowest BCUT2D eigenvalue weighted by molar-refractivity contribution is 0.275. The summed E-state index contributed by atoms with van der Waals surface area (Å²) < 4.78 is 0. The Morgan fingerprint density at radius 1 is 1.08 bits per heavy atom. The van der Waals surface area contributed by atoms with Crippen LogP contribution in [0.5, 0.6) is 0 Å². The van der Waals surface area contributed by atoms with Gasteiger partial charge in [0.2, 0.25) is 0 Å². The second kappa shape index (κ2) is 2.47. The SMILES string of the molecule is CC(C)(C)C1CC1(P)C(C)(C)C. The quantitative estimate of drug-likeness (QED) is 0.506. The highest BCUT2D eigenvalue weighted by atomic mass is 31.0. The lowest BCUT2D eigenvalue weighted by Gasteiger charge is -2.32. The zero-order valence-corrected chi connectivity index (χ0v) is 10.5. The van der Waals surface area contributed by atoms with E-state index < -0.39 is 0 Å². The van der Waals surface area contributed by atoms with Gasteiger partial charge in [0.05, 0.1) is 0 Å². The summed E-state index contributed by atoms with van der Waals surface area (Å²) in [7, 11) is 3.10. The Labute approximate surface area is 79.7 Å². The Bertz CT molecular complexity index is 182. The molecule has 3 unspecified atom stereocenters. The first-order chi connectivity index (χ1) is 5.09. The molecule has 0 radical (unpaired) electrons. The highest BCUT2D eigenvalue weighted by molar-refractivity contribution is 7.19. The molecule has 1 saturated carbocycles. The van der Waals surface area contributed by atoms with Gasteiger partial charge in [-0.2, -0.15) is 0 Å². The van der Waals surface area contributed by atoms with E-state index in [-0.39, 0.29) is 0 Å². The summed E-state index contributed by atoms with van der Waals surface area (Å²) in [6, 6.07) is 0. The predicted octanol–water partition coefficient (Wildman–Crippen LogP) is 3.71. The van der Waals surface area contributed by atoms with Crippen LogP contribution in [0, 0.1) is 16.7 Å². The second-order valence-corrected chi connectivity index (χ2v) is 7.44. The zero-order valence-electron chi connectivity index (χ0n) is 9.36.